The Morgan fingerprint density at radius 2 is 2.04 bits per heavy atom. The van der Waals surface area contributed by atoms with Crippen molar-refractivity contribution in [3.63, 3.8) is 0 Å². The van der Waals surface area contributed by atoms with Crippen molar-refractivity contribution in [2.75, 3.05) is 5.32 Å². The van der Waals surface area contributed by atoms with E-state index in [1.54, 1.807) is 24.3 Å². The number of hydrogen-bond donors (Lipinski definition) is 2. The van der Waals surface area contributed by atoms with Crippen molar-refractivity contribution >= 4 is 43.2 Å². The number of carbonyl (C=O) groups excluding carboxylic acids is 1. The number of fused-ring (bicyclic) bond motifs is 1. The van der Waals surface area contributed by atoms with Gasteiger partial charge in [-0.3, -0.25) is 14.6 Å². The molecule has 1 amide bonds. The Morgan fingerprint density at radius 3 is 2.81 bits per heavy atom. The SMILES string of the molecule is O=C(Nc1ccn(S(=O)(=O)c2ccc3[nH]c(=O)sc3c2)c1)c1ccccn1. The number of aromatic amines is 1. The van der Waals surface area contributed by atoms with Crippen LogP contribution in [0.15, 0.2) is 70.7 Å². The van der Waals surface area contributed by atoms with Crippen LogP contribution in [0.4, 0.5) is 5.69 Å². The number of amides is 1. The molecule has 3 aromatic heterocycles. The summed E-state index contributed by atoms with van der Waals surface area (Å²) in [5.74, 6) is -0.440. The zero-order valence-corrected chi connectivity index (χ0v) is 15.3. The van der Waals surface area contributed by atoms with Crippen LogP contribution in [0.1, 0.15) is 10.5 Å². The van der Waals surface area contributed by atoms with Crippen molar-refractivity contribution in [2.24, 2.45) is 0 Å². The van der Waals surface area contributed by atoms with E-state index in [4.69, 9.17) is 0 Å². The maximum atomic E-state index is 12.8. The van der Waals surface area contributed by atoms with E-state index in [9.17, 15) is 18.0 Å². The number of anilines is 1. The molecule has 0 unspecified atom stereocenters. The molecule has 3 heterocycles. The molecule has 8 nitrogen and oxygen atoms in total. The largest absolute Gasteiger partial charge is 0.319 e. The summed E-state index contributed by atoms with van der Waals surface area (Å²) in [7, 11) is -3.86. The lowest BCUT2D eigenvalue weighted by molar-refractivity contribution is 0.102. The fourth-order valence-corrected chi connectivity index (χ4v) is 4.57. The van der Waals surface area contributed by atoms with Gasteiger partial charge >= 0.3 is 4.87 Å². The van der Waals surface area contributed by atoms with Gasteiger partial charge in [-0.2, -0.15) is 0 Å². The van der Waals surface area contributed by atoms with Crippen molar-refractivity contribution in [2.45, 2.75) is 4.90 Å². The summed E-state index contributed by atoms with van der Waals surface area (Å²) in [5.41, 5.74) is 1.13. The second kappa shape index (κ2) is 6.49. The van der Waals surface area contributed by atoms with Crippen LogP contribution in [0.2, 0.25) is 0 Å². The Hall–Kier alpha value is -3.24. The molecule has 4 aromatic rings. The topological polar surface area (TPSA) is 114 Å². The average molecular weight is 400 g/mol. The lowest BCUT2D eigenvalue weighted by Crippen LogP contribution is -2.14. The van der Waals surface area contributed by atoms with E-state index < -0.39 is 15.9 Å². The van der Waals surface area contributed by atoms with Crippen molar-refractivity contribution in [3.8, 4) is 0 Å². The first-order valence-electron chi connectivity index (χ1n) is 7.72. The highest BCUT2D eigenvalue weighted by atomic mass is 32.2. The van der Waals surface area contributed by atoms with E-state index in [1.807, 2.05) is 0 Å². The van der Waals surface area contributed by atoms with Crippen LogP contribution in [0, 0.1) is 0 Å². The molecular formula is C17H12N4O4S2. The minimum atomic E-state index is -3.86. The van der Waals surface area contributed by atoms with E-state index in [2.05, 4.69) is 15.3 Å². The van der Waals surface area contributed by atoms with Crippen molar-refractivity contribution in [3.05, 3.63) is 76.4 Å². The number of thiazole rings is 1. The third kappa shape index (κ3) is 3.27. The van der Waals surface area contributed by atoms with Gasteiger partial charge in [-0.25, -0.2) is 12.4 Å². The summed E-state index contributed by atoms with van der Waals surface area (Å²) < 4.78 is 27.2. The molecule has 0 fully saturated rings. The van der Waals surface area contributed by atoms with E-state index in [0.29, 0.717) is 15.9 Å². The zero-order valence-electron chi connectivity index (χ0n) is 13.6. The zero-order chi connectivity index (χ0) is 19.0. The van der Waals surface area contributed by atoms with Gasteiger partial charge in [0.1, 0.15) is 5.69 Å². The summed E-state index contributed by atoms with van der Waals surface area (Å²) in [6, 6.07) is 10.8. The smallest absolute Gasteiger partial charge is 0.305 e. The first-order chi connectivity index (χ1) is 12.9. The third-order valence-electron chi connectivity index (χ3n) is 3.79. The van der Waals surface area contributed by atoms with Gasteiger partial charge in [-0.05, 0) is 36.4 Å². The fraction of sp³-hybridized carbons (Fsp3) is 0. The molecule has 4 rings (SSSR count). The first kappa shape index (κ1) is 17.2. The second-order valence-corrected chi connectivity index (χ2v) is 8.43. The molecule has 0 saturated carbocycles. The number of hydrogen-bond acceptors (Lipinski definition) is 6. The number of aromatic nitrogens is 3. The van der Waals surface area contributed by atoms with E-state index in [1.165, 1.54) is 36.8 Å². The second-order valence-electron chi connectivity index (χ2n) is 5.58. The molecule has 0 aliphatic carbocycles. The van der Waals surface area contributed by atoms with Crippen molar-refractivity contribution < 1.29 is 13.2 Å². The number of benzene rings is 1. The molecule has 0 saturated heterocycles. The molecular weight excluding hydrogens is 388 g/mol. The fourth-order valence-electron chi connectivity index (χ4n) is 2.50. The molecule has 0 spiro atoms. The van der Waals surface area contributed by atoms with Gasteiger partial charge in [0.2, 0.25) is 0 Å². The number of nitrogens with zero attached hydrogens (tertiary/aromatic N) is 2. The highest BCUT2D eigenvalue weighted by Gasteiger charge is 2.18. The molecule has 1 aromatic carbocycles. The minimum Gasteiger partial charge on any atom is -0.319 e. The quantitative estimate of drug-likeness (QED) is 0.545. The highest BCUT2D eigenvalue weighted by Crippen LogP contribution is 2.23. The number of carbonyl (C=O) groups is 1. The number of nitrogens with one attached hydrogen (secondary N) is 2. The molecule has 0 atom stereocenters. The molecule has 0 radical (unpaired) electrons. The molecule has 136 valence electrons. The van der Waals surface area contributed by atoms with Crippen LogP contribution in [-0.4, -0.2) is 28.3 Å². The average Bonchev–Trinajstić information content (AvgIpc) is 3.27. The standard InChI is InChI=1S/C17H12N4O4S2/c22-16(14-3-1-2-7-18-14)19-11-6-8-21(10-11)27(24,25)12-4-5-13-15(9-12)26-17(23)20-13/h1-10H,(H,19,22)(H,20,23). The first-order valence-corrected chi connectivity index (χ1v) is 9.98. The Labute approximate surface area is 157 Å². The molecule has 0 bridgehead atoms. The minimum absolute atomic E-state index is 0.0449. The van der Waals surface area contributed by atoms with Crippen LogP contribution >= 0.6 is 11.3 Å². The maximum Gasteiger partial charge on any atom is 0.305 e. The Morgan fingerprint density at radius 1 is 1.19 bits per heavy atom. The van der Waals surface area contributed by atoms with E-state index in [0.717, 1.165) is 15.3 Å². The molecule has 10 heteroatoms. The van der Waals surface area contributed by atoms with Crippen LogP contribution in [-0.2, 0) is 10.0 Å². The van der Waals surface area contributed by atoms with Gasteiger partial charge in [0.25, 0.3) is 15.9 Å². The summed E-state index contributed by atoms with van der Waals surface area (Å²) in [5, 5.41) is 2.60. The Balaban J connectivity index is 1.62. The predicted molar refractivity (Wildman–Crippen MR) is 102 cm³/mol. The monoisotopic (exact) mass is 400 g/mol. The lowest BCUT2D eigenvalue weighted by atomic mass is 10.3. The van der Waals surface area contributed by atoms with Gasteiger partial charge in [0.15, 0.2) is 0 Å². The normalized spacial score (nSPS) is 11.6. The summed E-state index contributed by atoms with van der Waals surface area (Å²) in [6.45, 7) is 0. The maximum absolute atomic E-state index is 12.8. The molecule has 27 heavy (non-hydrogen) atoms. The third-order valence-corrected chi connectivity index (χ3v) is 6.27. The Bertz CT molecular complexity index is 1300. The van der Waals surface area contributed by atoms with Crippen LogP contribution in [0.3, 0.4) is 0 Å². The van der Waals surface area contributed by atoms with Crippen LogP contribution < -0.4 is 10.2 Å². The molecule has 2 N–H and O–H groups in total. The summed E-state index contributed by atoms with van der Waals surface area (Å²) in [4.78, 5) is 29.9. The van der Waals surface area contributed by atoms with Gasteiger partial charge in [0, 0.05) is 18.6 Å². The molecule has 0 aliphatic heterocycles. The predicted octanol–water partition coefficient (Wildman–Crippen LogP) is 2.28. The lowest BCUT2D eigenvalue weighted by Gasteiger charge is -2.06. The molecule has 0 aliphatic rings. The van der Waals surface area contributed by atoms with Gasteiger partial charge in [0.05, 0.1) is 20.8 Å². The number of pyridine rings is 1. The summed E-state index contributed by atoms with van der Waals surface area (Å²) >= 11 is 0.940. The Kier molecular flexibility index (Phi) is 4.13. The van der Waals surface area contributed by atoms with Gasteiger partial charge in [-0.1, -0.05) is 17.4 Å². The summed E-state index contributed by atoms with van der Waals surface area (Å²) in [6.07, 6.45) is 4.14. The van der Waals surface area contributed by atoms with Gasteiger partial charge in [-0.15, -0.1) is 0 Å². The number of H-pyrrole nitrogens is 1. The van der Waals surface area contributed by atoms with Crippen LogP contribution in [0.5, 0.6) is 0 Å². The van der Waals surface area contributed by atoms with Crippen LogP contribution in [0.25, 0.3) is 10.2 Å². The van der Waals surface area contributed by atoms with Crippen molar-refractivity contribution in [1.82, 2.24) is 13.9 Å². The van der Waals surface area contributed by atoms with Gasteiger partial charge < -0.3 is 10.3 Å². The number of rotatable bonds is 4. The highest BCUT2D eigenvalue weighted by molar-refractivity contribution is 7.90. The van der Waals surface area contributed by atoms with Crippen molar-refractivity contribution in [1.29, 1.82) is 0 Å². The van der Waals surface area contributed by atoms with E-state index >= 15 is 0 Å². The van der Waals surface area contributed by atoms with E-state index in [-0.39, 0.29) is 15.5 Å².